The van der Waals surface area contributed by atoms with Gasteiger partial charge in [-0.3, -0.25) is 0 Å². The van der Waals surface area contributed by atoms with Gasteiger partial charge in [-0.15, -0.1) is 11.3 Å². The molecular formula is C14H24N2S2. The molecular weight excluding hydrogens is 260 g/mol. The lowest BCUT2D eigenvalue weighted by Gasteiger charge is -2.29. The third kappa shape index (κ3) is 4.26. The molecule has 0 amide bonds. The molecule has 1 aliphatic rings. The summed E-state index contributed by atoms with van der Waals surface area (Å²) in [6, 6.07) is 2.35. The quantitative estimate of drug-likeness (QED) is 0.869. The highest BCUT2D eigenvalue weighted by atomic mass is 32.2. The lowest BCUT2D eigenvalue weighted by Crippen LogP contribution is -2.32. The fourth-order valence-electron chi connectivity index (χ4n) is 2.43. The summed E-state index contributed by atoms with van der Waals surface area (Å²) in [4.78, 5) is 4.16. The number of likely N-dealkylation sites (tertiary alicyclic amines) is 1. The maximum Gasteiger partial charge on any atom is 0.0518 e. The zero-order chi connectivity index (χ0) is 12.8. The second kappa shape index (κ2) is 7.53. The van der Waals surface area contributed by atoms with Gasteiger partial charge in [0.1, 0.15) is 0 Å². The van der Waals surface area contributed by atoms with E-state index in [2.05, 4.69) is 23.3 Å². The molecule has 0 aromatic carbocycles. The van der Waals surface area contributed by atoms with Gasteiger partial charge in [0.15, 0.2) is 0 Å². The molecule has 2 N–H and O–H groups in total. The minimum atomic E-state index is 0.616. The molecule has 1 unspecified atom stereocenters. The van der Waals surface area contributed by atoms with Crippen LogP contribution in [0.1, 0.15) is 35.0 Å². The molecule has 2 heterocycles. The van der Waals surface area contributed by atoms with E-state index >= 15 is 0 Å². The van der Waals surface area contributed by atoms with Gasteiger partial charge in [0, 0.05) is 23.7 Å². The molecule has 0 radical (unpaired) electrons. The van der Waals surface area contributed by atoms with E-state index in [0.29, 0.717) is 5.25 Å². The number of thioether (sulfide) groups is 1. The van der Waals surface area contributed by atoms with Gasteiger partial charge in [0.05, 0.1) is 5.25 Å². The van der Waals surface area contributed by atoms with Crippen molar-refractivity contribution < 1.29 is 0 Å². The first-order valence-corrected chi connectivity index (χ1v) is 8.81. The van der Waals surface area contributed by atoms with Crippen LogP contribution in [0.4, 0.5) is 0 Å². The van der Waals surface area contributed by atoms with Crippen LogP contribution in [-0.4, -0.2) is 36.8 Å². The van der Waals surface area contributed by atoms with Crippen molar-refractivity contribution in [3.05, 3.63) is 21.9 Å². The Kier molecular flexibility index (Phi) is 6.02. The molecule has 1 atom stereocenters. The number of nitrogens with zero attached hydrogens (tertiary/aromatic N) is 1. The van der Waals surface area contributed by atoms with Crippen LogP contribution in [0.3, 0.4) is 0 Å². The summed E-state index contributed by atoms with van der Waals surface area (Å²) in [6.07, 6.45) is 4.16. The van der Waals surface area contributed by atoms with Gasteiger partial charge in [-0.2, -0.15) is 11.8 Å². The van der Waals surface area contributed by atoms with E-state index in [1.165, 1.54) is 49.3 Å². The van der Waals surface area contributed by atoms with Crippen LogP contribution in [0.5, 0.6) is 0 Å². The zero-order valence-corrected chi connectivity index (χ0v) is 12.9. The van der Waals surface area contributed by atoms with E-state index in [-0.39, 0.29) is 0 Å². The molecule has 0 saturated carbocycles. The van der Waals surface area contributed by atoms with Crippen LogP contribution in [0.2, 0.25) is 0 Å². The standard InChI is InChI=1S/C14H24N2S2/c1-12-9-13(18-11-12)14(17-8-5-15)10-16-6-3-2-4-7-16/h9,11,14H,2-8,10,15H2,1H3. The van der Waals surface area contributed by atoms with Crippen molar-refractivity contribution in [2.45, 2.75) is 31.4 Å². The molecule has 4 heteroatoms. The van der Waals surface area contributed by atoms with E-state index in [9.17, 15) is 0 Å². The number of thiophene rings is 1. The summed E-state index contributed by atoms with van der Waals surface area (Å²) in [5.74, 6) is 1.06. The fraction of sp³-hybridized carbons (Fsp3) is 0.714. The van der Waals surface area contributed by atoms with Gasteiger partial charge in [0.2, 0.25) is 0 Å². The first kappa shape index (κ1) is 14.4. The maximum absolute atomic E-state index is 5.66. The van der Waals surface area contributed by atoms with Crippen LogP contribution in [0.15, 0.2) is 11.4 Å². The molecule has 0 aliphatic carbocycles. The molecule has 1 aromatic rings. The number of hydrogen-bond acceptors (Lipinski definition) is 4. The normalized spacial score (nSPS) is 19.0. The Morgan fingerprint density at radius 2 is 2.17 bits per heavy atom. The van der Waals surface area contributed by atoms with Crippen molar-refractivity contribution in [2.75, 3.05) is 31.9 Å². The van der Waals surface area contributed by atoms with Crippen molar-refractivity contribution in [1.29, 1.82) is 0 Å². The van der Waals surface area contributed by atoms with Crippen molar-refractivity contribution in [1.82, 2.24) is 4.90 Å². The first-order valence-electron chi connectivity index (χ1n) is 6.88. The van der Waals surface area contributed by atoms with Gasteiger partial charge in [0.25, 0.3) is 0 Å². The van der Waals surface area contributed by atoms with E-state index in [1.807, 2.05) is 23.1 Å². The van der Waals surface area contributed by atoms with Gasteiger partial charge >= 0.3 is 0 Å². The number of hydrogen-bond donors (Lipinski definition) is 1. The van der Waals surface area contributed by atoms with Gasteiger partial charge in [-0.1, -0.05) is 6.42 Å². The lowest BCUT2D eigenvalue weighted by molar-refractivity contribution is 0.230. The van der Waals surface area contributed by atoms with E-state index in [1.54, 1.807) is 0 Å². The summed E-state index contributed by atoms with van der Waals surface area (Å²) >= 11 is 3.93. The first-order chi connectivity index (χ1) is 8.79. The smallest absolute Gasteiger partial charge is 0.0518 e. The summed E-state index contributed by atoms with van der Waals surface area (Å²) < 4.78 is 0. The molecule has 0 bridgehead atoms. The van der Waals surface area contributed by atoms with E-state index < -0.39 is 0 Å². The highest BCUT2D eigenvalue weighted by molar-refractivity contribution is 7.99. The maximum atomic E-state index is 5.66. The SMILES string of the molecule is Cc1csc(C(CN2CCCCC2)SCCN)c1. The monoisotopic (exact) mass is 284 g/mol. The largest absolute Gasteiger partial charge is 0.330 e. The molecule has 1 aromatic heterocycles. The summed E-state index contributed by atoms with van der Waals surface area (Å²) in [5, 5.41) is 2.88. The van der Waals surface area contributed by atoms with Gasteiger partial charge in [-0.25, -0.2) is 0 Å². The second-order valence-corrected chi connectivity index (χ2v) is 7.29. The van der Waals surface area contributed by atoms with E-state index in [0.717, 1.165) is 12.3 Å². The Labute approximate surface area is 119 Å². The Balaban J connectivity index is 1.95. The van der Waals surface area contributed by atoms with Crippen molar-refractivity contribution in [2.24, 2.45) is 5.73 Å². The molecule has 102 valence electrons. The van der Waals surface area contributed by atoms with Gasteiger partial charge in [-0.05, 0) is 49.9 Å². The molecule has 0 spiro atoms. The zero-order valence-electron chi connectivity index (χ0n) is 11.2. The van der Waals surface area contributed by atoms with Gasteiger partial charge < -0.3 is 10.6 Å². The van der Waals surface area contributed by atoms with Crippen molar-refractivity contribution >= 4 is 23.1 Å². The summed E-state index contributed by atoms with van der Waals surface area (Å²) in [5.41, 5.74) is 7.06. The van der Waals surface area contributed by atoms with Crippen LogP contribution in [0.25, 0.3) is 0 Å². The number of aryl methyl sites for hydroxylation is 1. The third-order valence-electron chi connectivity index (χ3n) is 3.38. The third-order valence-corrected chi connectivity index (χ3v) is 5.97. The second-order valence-electron chi connectivity index (χ2n) is 5.04. The fourth-order valence-corrected chi connectivity index (χ4v) is 4.64. The highest BCUT2D eigenvalue weighted by Crippen LogP contribution is 2.34. The number of rotatable bonds is 6. The average Bonchev–Trinajstić information content (AvgIpc) is 2.82. The molecule has 2 rings (SSSR count). The van der Waals surface area contributed by atoms with Crippen LogP contribution in [-0.2, 0) is 0 Å². The minimum Gasteiger partial charge on any atom is -0.330 e. The summed E-state index contributed by atoms with van der Waals surface area (Å²) in [7, 11) is 0. The minimum absolute atomic E-state index is 0.616. The van der Waals surface area contributed by atoms with E-state index in [4.69, 9.17) is 5.73 Å². The molecule has 1 aliphatic heterocycles. The molecule has 2 nitrogen and oxygen atoms in total. The number of piperidine rings is 1. The van der Waals surface area contributed by atoms with Crippen LogP contribution < -0.4 is 5.73 Å². The van der Waals surface area contributed by atoms with Crippen LogP contribution >= 0.6 is 23.1 Å². The lowest BCUT2D eigenvalue weighted by atomic mass is 10.1. The molecule has 18 heavy (non-hydrogen) atoms. The number of nitrogens with two attached hydrogens (primary N) is 1. The molecule has 1 fully saturated rings. The Bertz CT molecular complexity index is 345. The van der Waals surface area contributed by atoms with Crippen molar-refractivity contribution in [3.63, 3.8) is 0 Å². The van der Waals surface area contributed by atoms with Crippen LogP contribution in [0, 0.1) is 6.92 Å². The highest BCUT2D eigenvalue weighted by Gasteiger charge is 2.19. The Hall–Kier alpha value is -0.0300. The Morgan fingerprint density at radius 3 is 2.78 bits per heavy atom. The average molecular weight is 284 g/mol. The topological polar surface area (TPSA) is 29.3 Å². The summed E-state index contributed by atoms with van der Waals surface area (Å²) in [6.45, 7) is 6.73. The predicted octanol–water partition coefficient (Wildman–Crippen LogP) is 3.28. The Morgan fingerprint density at radius 1 is 1.39 bits per heavy atom. The molecule has 1 saturated heterocycles. The predicted molar refractivity (Wildman–Crippen MR) is 83.6 cm³/mol. The van der Waals surface area contributed by atoms with Crippen molar-refractivity contribution in [3.8, 4) is 0 Å².